The standard InChI is InChI=1S/C37H30O4/c38-17-19-40-27-11-13-30-24(21-27)6-3-9-32(30)35-16-15-33-29-8-2-1-5-26(29)23-36(33)37(35)34-10-4-7-25-22-28(41-20-18-39)12-14-31(25)34/h1-16,21-22,38-39H,17-20,23H2. The molecular formula is C37H30O4. The third kappa shape index (κ3) is 4.51. The van der Waals surface area contributed by atoms with Gasteiger partial charge in [0.2, 0.25) is 0 Å². The minimum Gasteiger partial charge on any atom is -0.491 e. The van der Waals surface area contributed by atoms with E-state index in [9.17, 15) is 10.2 Å². The molecule has 0 unspecified atom stereocenters. The molecule has 6 aromatic rings. The van der Waals surface area contributed by atoms with E-state index in [1.54, 1.807) is 0 Å². The Morgan fingerprint density at radius 2 is 1.10 bits per heavy atom. The molecule has 1 aliphatic carbocycles. The summed E-state index contributed by atoms with van der Waals surface area (Å²) in [5, 5.41) is 22.9. The Labute approximate surface area is 239 Å². The summed E-state index contributed by atoms with van der Waals surface area (Å²) in [5.41, 5.74) is 10.1. The van der Waals surface area contributed by atoms with E-state index < -0.39 is 0 Å². The van der Waals surface area contributed by atoms with Gasteiger partial charge in [0.25, 0.3) is 0 Å². The molecule has 6 aromatic carbocycles. The Bertz CT molecular complexity index is 1910. The van der Waals surface area contributed by atoms with E-state index >= 15 is 0 Å². The first-order chi connectivity index (χ1) is 20.2. The van der Waals surface area contributed by atoms with Gasteiger partial charge in [0.05, 0.1) is 13.2 Å². The number of benzene rings is 6. The number of fused-ring (bicyclic) bond motifs is 5. The fraction of sp³-hybridized carbons (Fsp3) is 0.135. The number of rotatable bonds is 8. The van der Waals surface area contributed by atoms with E-state index in [2.05, 4.69) is 91.0 Å². The lowest BCUT2D eigenvalue weighted by molar-refractivity contribution is 0.201. The molecule has 0 aromatic heterocycles. The molecule has 0 bridgehead atoms. The highest BCUT2D eigenvalue weighted by atomic mass is 16.5. The van der Waals surface area contributed by atoms with Crippen LogP contribution in [0, 0.1) is 0 Å². The van der Waals surface area contributed by atoms with Crippen LogP contribution in [0.5, 0.6) is 11.5 Å². The second-order valence-corrected chi connectivity index (χ2v) is 10.4. The molecule has 0 spiro atoms. The first-order valence-corrected chi connectivity index (χ1v) is 14.0. The summed E-state index contributed by atoms with van der Waals surface area (Å²) in [6.07, 6.45) is 0.882. The Kier molecular flexibility index (Phi) is 6.63. The Balaban J connectivity index is 1.47. The zero-order valence-electron chi connectivity index (χ0n) is 22.6. The van der Waals surface area contributed by atoms with Crippen LogP contribution < -0.4 is 9.47 Å². The molecule has 0 saturated carbocycles. The summed E-state index contributed by atoms with van der Waals surface area (Å²) in [6.45, 7) is 0.513. The molecule has 0 radical (unpaired) electrons. The molecule has 7 rings (SSSR count). The molecule has 1 aliphatic rings. The number of hydrogen-bond donors (Lipinski definition) is 2. The van der Waals surface area contributed by atoms with Gasteiger partial charge in [0, 0.05) is 0 Å². The summed E-state index contributed by atoms with van der Waals surface area (Å²) in [5.74, 6) is 1.50. The first kappa shape index (κ1) is 25.3. The largest absolute Gasteiger partial charge is 0.491 e. The molecule has 0 atom stereocenters. The normalized spacial score (nSPS) is 12.0. The lowest BCUT2D eigenvalue weighted by Crippen LogP contribution is -2.01. The van der Waals surface area contributed by atoms with E-state index in [4.69, 9.17) is 9.47 Å². The van der Waals surface area contributed by atoms with Gasteiger partial charge in [-0.25, -0.2) is 0 Å². The summed E-state index contributed by atoms with van der Waals surface area (Å²) >= 11 is 0. The highest BCUT2D eigenvalue weighted by Gasteiger charge is 2.25. The molecule has 4 nitrogen and oxygen atoms in total. The van der Waals surface area contributed by atoms with Crippen LogP contribution in [0.2, 0.25) is 0 Å². The minimum atomic E-state index is -0.0156. The molecule has 0 fully saturated rings. The van der Waals surface area contributed by atoms with Crippen molar-refractivity contribution in [2.24, 2.45) is 0 Å². The number of aliphatic hydroxyl groups excluding tert-OH is 2. The van der Waals surface area contributed by atoms with Crippen LogP contribution in [0.15, 0.2) is 109 Å². The van der Waals surface area contributed by atoms with Gasteiger partial charge in [-0.1, -0.05) is 84.9 Å². The molecular weight excluding hydrogens is 508 g/mol. The molecule has 41 heavy (non-hydrogen) atoms. The van der Waals surface area contributed by atoms with Crippen molar-refractivity contribution in [2.45, 2.75) is 6.42 Å². The van der Waals surface area contributed by atoms with E-state index in [1.807, 2.05) is 18.2 Å². The minimum absolute atomic E-state index is 0.0148. The number of aliphatic hydroxyl groups is 2. The van der Waals surface area contributed by atoms with Crippen LogP contribution >= 0.6 is 0 Å². The maximum Gasteiger partial charge on any atom is 0.120 e. The third-order valence-corrected chi connectivity index (χ3v) is 7.97. The zero-order valence-corrected chi connectivity index (χ0v) is 22.6. The van der Waals surface area contributed by atoms with Gasteiger partial charge in [-0.15, -0.1) is 0 Å². The third-order valence-electron chi connectivity index (χ3n) is 7.97. The van der Waals surface area contributed by atoms with Gasteiger partial charge < -0.3 is 19.7 Å². The van der Waals surface area contributed by atoms with Crippen molar-refractivity contribution in [2.75, 3.05) is 26.4 Å². The maximum absolute atomic E-state index is 9.22. The number of ether oxygens (including phenoxy) is 2. The van der Waals surface area contributed by atoms with Crippen LogP contribution in [0.4, 0.5) is 0 Å². The smallest absolute Gasteiger partial charge is 0.120 e. The van der Waals surface area contributed by atoms with Crippen molar-refractivity contribution < 1.29 is 19.7 Å². The van der Waals surface area contributed by atoms with Crippen molar-refractivity contribution in [3.05, 3.63) is 120 Å². The van der Waals surface area contributed by atoms with Gasteiger partial charge in [-0.05, 0) is 96.7 Å². The second kappa shape index (κ2) is 10.7. The fourth-order valence-corrected chi connectivity index (χ4v) is 6.23. The average molecular weight is 539 g/mol. The molecule has 0 amide bonds. The summed E-state index contributed by atoms with van der Waals surface area (Å²) < 4.78 is 11.4. The Hall–Kier alpha value is -4.64. The number of hydrogen-bond acceptors (Lipinski definition) is 4. The van der Waals surface area contributed by atoms with E-state index in [0.29, 0.717) is 0 Å². The van der Waals surface area contributed by atoms with Gasteiger partial charge in [-0.3, -0.25) is 0 Å². The summed E-state index contributed by atoms with van der Waals surface area (Å²) in [4.78, 5) is 0. The van der Waals surface area contributed by atoms with Crippen LogP contribution in [-0.2, 0) is 6.42 Å². The summed E-state index contributed by atoms with van der Waals surface area (Å²) in [7, 11) is 0. The van der Waals surface area contributed by atoms with E-state index in [0.717, 1.165) is 39.5 Å². The highest BCUT2D eigenvalue weighted by Crippen LogP contribution is 2.48. The average Bonchev–Trinajstić information content (AvgIpc) is 3.40. The molecule has 0 saturated heterocycles. The zero-order chi connectivity index (χ0) is 27.8. The predicted octanol–water partition coefficient (Wildman–Crippen LogP) is 7.64. The maximum atomic E-state index is 9.22. The van der Waals surface area contributed by atoms with E-state index in [1.165, 1.54) is 44.5 Å². The highest BCUT2D eigenvalue weighted by molar-refractivity contribution is 6.08. The second-order valence-electron chi connectivity index (χ2n) is 10.4. The Morgan fingerprint density at radius 1 is 0.512 bits per heavy atom. The van der Waals surface area contributed by atoms with Gasteiger partial charge in [-0.2, -0.15) is 0 Å². The lowest BCUT2D eigenvalue weighted by Gasteiger charge is -2.19. The van der Waals surface area contributed by atoms with Crippen molar-refractivity contribution in [3.63, 3.8) is 0 Å². The molecule has 202 valence electrons. The predicted molar refractivity (Wildman–Crippen MR) is 166 cm³/mol. The molecule has 0 heterocycles. The van der Waals surface area contributed by atoms with Crippen molar-refractivity contribution >= 4 is 21.5 Å². The van der Waals surface area contributed by atoms with E-state index in [-0.39, 0.29) is 26.4 Å². The van der Waals surface area contributed by atoms with Crippen molar-refractivity contribution in [3.8, 4) is 44.9 Å². The quantitative estimate of drug-likeness (QED) is 0.209. The van der Waals surface area contributed by atoms with Crippen LogP contribution in [0.1, 0.15) is 11.1 Å². The van der Waals surface area contributed by atoms with Gasteiger partial charge >= 0.3 is 0 Å². The van der Waals surface area contributed by atoms with Crippen molar-refractivity contribution in [1.29, 1.82) is 0 Å². The lowest BCUT2D eigenvalue weighted by atomic mass is 9.84. The van der Waals surface area contributed by atoms with Gasteiger partial charge in [0.1, 0.15) is 24.7 Å². The molecule has 2 N–H and O–H groups in total. The van der Waals surface area contributed by atoms with Crippen LogP contribution in [0.25, 0.3) is 54.9 Å². The molecule has 4 heteroatoms. The van der Waals surface area contributed by atoms with Crippen molar-refractivity contribution in [1.82, 2.24) is 0 Å². The topological polar surface area (TPSA) is 58.9 Å². The fourth-order valence-electron chi connectivity index (χ4n) is 6.23. The first-order valence-electron chi connectivity index (χ1n) is 14.0. The van der Waals surface area contributed by atoms with Gasteiger partial charge in [0.15, 0.2) is 0 Å². The summed E-state index contributed by atoms with van der Waals surface area (Å²) in [6, 6.07) is 38.5. The monoisotopic (exact) mass is 538 g/mol. The Morgan fingerprint density at radius 3 is 1.78 bits per heavy atom. The molecule has 0 aliphatic heterocycles. The van der Waals surface area contributed by atoms with Crippen LogP contribution in [0.3, 0.4) is 0 Å². The SMILES string of the molecule is OCCOc1ccc2c(-c3ccc4c(c3-c3cccc5cc(OCCO)ccc35)Cc3ccccc3-4)cccc2c1. The van der Waals surface area contributed by atoms with Crippen LogP contribution in [-0.4, -0.2) is 36.6 Å².